The SMILES string of the molecule is Cc1c(NCC(C)(O)O)cc([N+](=O)[O-])c(N)c1C. The van der Waals surface area contributed by atoms with E-state index in [1.54, 1.807) is 13.8 Å². The summed E-state index contributed by atoms with van der Waals surface area (Å²) in [5.41, 5.74) is 7.40. The van der Waals surface area contributed by atoms with Gasteiger partial charge in [-0.1, -0.05) is 0 Å². The van der Waals surface area contributed by atoms with Crippen LogP contribution in [0, 0.1) is 24.0 Å². The van der Waals surface area contributed by atoms with Crippen molar-refractivity contribution in [2.24, 2.45) is 0 Å². The summed E-state index contributed by atoms with van der Waals surface area (Å²) in [6.45, 7) is 4.51. The molecule has 0 unspecified atom stereocenters. The highest BCUT2D eigenvalue weighted by Crippen LogP contribution is 2.33. The van der Waals surface area contributed by atoms with Crippen LogP contribution in [0.25, 0.3) is 0 Å². The van der Waals surface area contributed by atoms with Crippen LogP contribution in [-0.4, -0.2) is 27.5 Å². The third-order valence-electron chi connectivity index (χ3n) is 2.74. The van der Waals surface area contributed by atoms with Crippen LogP contribution in [0.1, 0.15) is 18.1 Å². The number of nitrogens with one attached hydrogen (secondary N) is 1. The molecular formula is C11H17N3O4. The zero-order valence-electron chi connectivity index (χ0n) is 10.5. The monoisotopic (exact) mass is 255 g/mol. The molecule has 0 spiro atoms. The van der Waals surface area contributed by atoms with Gasteiger partial charge in [-0.05, 0) is 31.9 Å². The average Bonchev–Trinajstić information content (AvgIpc) is 2.23. The summed E-state index contributed by atoms with van der Waals surface area (Å²) >= 11 is 0. The van der Waals surface area contributed by atoms with Gasteiger partial charge in [-0.3, -0.25) is 10.1 Å². The van der Waals surface area contributed by atoms with Crippen molar-refractivity contribution in [1.29, 1.82) is 0 Å². The van der Waals surface area contributed by atoms with Crippen molar-refractivity contribution in [3.05, 3.63) is 27.3 Å². The van der Waals surface area contributed by atoms with Gasteiger partial charge in [0.05, 0.1) is 11.5 Å². The van der Waals surface area contributed by atoms with E-state index in [1.807, 2.05) is 0 Å². The molecule has 0 aliphatic rings. The summed E-state index contributed by atoms with van der Waals surface area (Å²) in [4.78, 5) is 10.3. The Balaban J connectivity index is 3.16. The number of nitrogens with zero attached hydrogens (tertiary/aromatic N) is 1. The molecule has 1 aromatic rings. The van der Waals surface area contributed by atoms with Gasteiger partial charge in [0.1, 0.15) is 5.69 Å². The Morgan fingerprint density at radius 1 is 1.44 bits per heavy atom. The van der Waals surface area contributed by atoms with Crippen molar-refractivity contribution in [2.75, 3.05) is 17.6 Å². The van der Waals surface area contributed by atoms with E-state index in [0.717, 1.165) is 5.56 Å². The lowest BCUT2D eigenvalue weighted by Crippen LogP contribution is -2.32. The van der Waals surface area contributed by atoms with Gasteiger partial charge in [-0.25, -0.2) is 0 Å². The van der Waals surface area contributed by atoms with E-state index in [0.29, 0.717) is 11.3 Å². The first-order valence-electron chi connectivity index (χ1n) is 5.36. The highest BCUT2D eigenvalue weighted by molar-refractivity contribution is 5.73. The van der Waals surface area contributed by atoms with Crippen LogP contribution < -0.4 is 11.1 Å². The molecule has 0 saturated carbocycles. The van der Waals surface area contributed by atoms with Gasteiger partial charge < -0.3 is 21.3 Å². The van der Waals surface area contributed by atoms with E-state index >= 15 is 0 Å². The van der Waals surface area contributed by atoms with Crippen molar-refractivity contribution in [2.45, 2.75) is 26.6 Å². The maximum Gasteiger partial charge on any atom is 0.294 e. The molecule has 100 valence electrons. The maximum absolute atomic E-state index is 10.8. The lowest BCUT2D eigenvalue weighted by Gasteiger charge is -2.19. The molecule has 18 heavy (non-hydrogen) atoms. The molecule has 1 rings (SSSR count). The standard InChI is InChI=1S/C11H17N3O4/c1-6-7(2)10(12)9(14(17)18)4-8(6)13-5-11(3,15)16/h4,13,15-16H,5,12H2,1-3H3. The molecule has 7 nitrogen and oxygen atoms in total. The van der Waals surface area contributed by atoms with Crippen LogP contribution >= 0.6 is 0 Å². The van der Waals surface area contributed by atoms with Crippen molar-refractivity contribution in [3.63, 3.8) is 0 Å². The fourth-order valence-corrected chi connectivity index (χ4v) is 1.52. The first-order chi connectivity index (χ1) is 8.13. The predicted molar refractivity (Wildman–Crippen MR) is 68.3 cm³/mol. The number of nitro groups is 1. The Hall–Kier alpha value is -1.86. The molecule has 0 saturated heterocycles. The number of rotatable bonds is 4. The lowest BCUT2D eigenvalue weighted by atomic mass is 10.0. The molecule has 0 aliphatic heterocycles. The van der Waals surface area contributed by atoms with Crippen molar-refractivity contribution >= 4 is 17.1 Å². The second-order valence-electron chi connectivity index (χ2n) is 4.43. The summed E-state index contributed by atoms with van der Waals surface area (Å²) in [7, 11) is 0. The van der Waals surface area contributed by atoms with Crippen molar-refractivity contribution in [3.8, 4) is 0 Å². The van der Waals surface area contributed by atoms with Gasteiger partial charge in [0.15, 0.2) is 5.79 Å². The van der Waals surface area contributed by atoms with Gasteiger partial charge in [0, 0.05) is 11.8 Å². The number of nitrogens with two attached hydrogens (primary N) is 1. The largest absolute Gasteiger partial charge is 0.393 e. The van der Waals surface area contributed by atoms with Crippen LogP contribution in [0.15, 0.2) is 6.07 Å². The Labute approximate surface area is 104 Å². The highest BCUT2D eigenvalue weighted by atomic mass is 16.6. The molecule has 0 heterocycles. The maximum atomic E-state index is 10.8. The van der Waals surface area contributed by atoms with E-state index in [9.17, 15) is 20.3 Å². The number of benzene rings is 1. The van der Waals surface area contributed by atoms with Gasteiger partial charge >= 0.3 is 0 Å². The smallest absolute Gasteiger partial charge is 0.294 e. The van der Waals surface area contributed by atoms with E-state index in [1.165, 1.54) is 13.0 Å². The van der Waals surface area contributed by atoms with E-state index < -0.39 is 10.7 Å². The highest BCUT2D eigenvalue weighted by Gasteiger charge is 2.20. The molecule has 0 aliphatic carbocycles. The first kappa shape index (κ1) is 14.2. The normalized spacial score (nSPS) is 11.4. The van der Waals surface area contributed by atoms with Gasteiger partial charge in [-0.2, -0.15) is 0 Å². The summed E-state index contributed by atoms with van der Waals surface area (Å²) in [5, 5.41) is 32.0. The number of hydrogen-bond donors (Lipinski definition) is 4. The zero-order chi connectivity index (χ0) is 14.1. The van der Waals surface area contributed by atoms with E-state index in [4.69, 9.17) is 5.73 Å². The molecule has 0 aromatic heterocycles. The minimum atomic E-state index is -1.89. The minimum Gasteiger partial charge on any atom is -0.393 e. The minimum absolute atomic E-state index is 0.124. The second kappa shape index (κ2) is 4.79. The molecule has 5 N–H and O–H groups in total. The summed E-state index contributed by atoms with van der Waals surface area (Å²) in [5.74, 6) is -1.89. The van der Waals surface area contributed by atoms with Gasteiger partial charge in [-0.15, -0.1) is 0 Å². The molecule has 0 fully saturated rings. The first-order valence-corrected chi connectivity index (χ1v) is 5.36. The van der Waals surface area contributed by atoms with Crippen molar-refractivity contribution < 1.29 is 15.1 Å². The summed E-state index contributed by atoms with van der Waals surface area (Å²) in [6, 6.07) is 1.30. The summed E-state index contributed by atoms with van der Waals surface area (Å²) in [6.07, 6.45) is 0. The fourth-order valence-electron chi connectivity index (χ4n) is 1.52. The Morgan fingerprint density at radius 3 is 2.44 bits per heavy atom. The average molecular weight is 255 g/mol. The van der Waals surface area contributed by atoms with Gasteiger partial charge in [0.2, 0.25) is 0 Å². The predicted octanol–water partition coefficient (Wildman–Crippen LogP) is 0.907. The summed E-state index contributed by atoms with van der Waals surface area (Å²) < 4.78 is 0. The van der Waals surface area contributed by atoms with Crippen LogP contribution in [0.3, 0.4) is 0 Å². The van der Waals surface area contributed by atoms with E-state index in [-0.39, 0.29) is 17.9 Å². The van der Waals surface area contributed by atoms with E-state index in [2.05, 4.69) is 5.32 Å². The number of aliphatic hydroxyl groups is 2. The molecule has 7 heteroatoms. The molecule has 0 bridgehead atoms. The Kier molecular flexibility index (Phi) is 3.78. The number of nitrogen functional groups attached to an aromatic ring is 1. The molecular weight excluding hydrogens is 238 g/mol. The van der Waals surface area contributed by atoms with Crippen LogP contribution in [0.5, 0.6) is 0 Å². The van der Waals surface area contributed by atoms with Crippen LogP contribution in [0.4, 0.5) is 17.1 Å². The molecule has 0 amide bonds. The van der Waals surface area contributed by atoms with Crippen LogP contribution in [-0.2, 0) is 0 Å². The zero-order valence-corrected chi connectivity index (χ0v) is 10.5. The quantitative estimate of drug-likeness (QED) is 0.274. The fraction of sp³-hybridized carbons (Fsp3) is 0.455. The van der Waals surface area contributed by atoms with Gasteiger partial charge in [0.25, 0.3) is 5.69 Å². The molecule has 0 atom stereocenters. The molecule has 0 radical (unpaired) electrons. The topological polar surface area (TPSA) is 122 Å². The third-order valence-corrected chi connectivity index (χ3v) is 2.74. The second-order valence-corrected chi connectivity index (χ2v) is 4.43. The van der Waals surface area contributed by atoms with Crippen LogP contribution in [0.2, 0.25) is 0 Å². The number of anilines is 2. The Bertz CT molecular complexity index is 480. The number of hydrogen-bond acceptors (Lipinski definition) is 6. The lowest BCUT2D eigenvalue weighted by molar-refractivity contribution is -0.383. The Morgan fingerprint density at radius 2 is 2.00 bits per heavy atom. The molecule has 1 aromatic carbocycles. The number of nitro benzene ring substituents is 1. The third kappa shape index (κ3) is 3.08. The van der Waals surface area contributed by atoms with Crippen molar-refractivity contribution in [1.82, 2.24) is 0 Å².